The van der Waals surface area contributed by atoms with Crippen LogP contribution in [-0.2, 0) is 4.79 Å². The van der Waals surface area contributed by atoms with Crippen LogP contribution in [-0.4, -0.2) is 16.0 Å². The van der Waals surface area contributed by atoms with Crippen LogP contribution in [0.25, 0.3) is 11.3 Å². The molecule has 1 aliphatic heterocycles. The lowest BCUT2D eigenvalue weighted by Gasteiger charge is -2.27. The molecule has 2 atom stereocenters. The molecule has 38 heavy (non-hydrogen) atoms. The van der Waals surface area contributed by atoms with Crippen LogP contribution in [0.5, 0.6) is 0 Å². The fourth-order valence-corrected chi connectivity index (χ4v) is 5.08. The first-order valence-corrected chi connectivity index (χ1v) is 13.3. The zero-order valence-electron chi connectivity index (χ0n) is 21.7. The Labute approximate surface area is 233 Å². The summed E-state index contributed by atoms with van der Waals surface area (Å²) in [6.45, 7) is 7.70. The average molecular weight is 545 g/mol. The van der Waals surface area contributed by atoms with Gasteiger partial charge in [-0.25, -0.2) is 0 Å². The summed E-state index contributed by atoms with van der Waals surface area (Å²) in [5, 5.41) is 7.72. The highest BCUT2D eigenvalue weighted by atomic mass is 35.5. The van der Waals surface area contributed by atoms with Crippen molar-refractivity contribution in [2.24, 2.45) is 5.92 Å². The molecule has 0 aliphatic carbocycles. The van der Waals surface area contributed by atoms with Gasteiger partial charge in [0.25, 0.3) is 0 Å². The highest BCUT2D eigenvalue weighted by molar-refractivity contribution is 7.80. The average Bonchev–Trinajstić information content (AvgIpc) is 3.52. The molecule has 0 bridgehead atoms. The molecule has 2 aromatic carbocycles. The van der Waals surface area contributed by atoms with E-state index in [2.05, 4.69) is 20.5 Å². The number of hydrogen-bond acceptors (Lipinski definition) is 4. The lowest BCUT2D eigenvalue weighted by molar-refractivity contribution is -0.118. The maximum Gasteiger partial charge on any atom is 0.226 e. The molecule has 5 rings (SSSR count). The van der Waals surface area contributed by atoms with Crippen molar-refractivity contribution in [3.8, 4) is 11.3 Å². The Bertz CT molecular complexity index is 1500. The Balaban J connectivity index is 1.55. The van der Waals surface area contributed by atoms with Crippen LogP contribution in [0.4, 0.5) is 11.4 Å². The van der Waals surface area contributed by atoms with Crippen LogP contribution < -0.4 is 15.5 Å². The number of hydrogen-bond donors (Lipinski definition) is 2. The molecule has 0 saturated carbocycles. The highest BCUT2D eigenvalue weighted by Gasteiger charge is 2.42. The first-order valence-electron chi connectivity index (χ1n) is 12.5. The van der Waals surface area contributed by atoms with Crippen molar-refractivity contribution in [1.82, 2.24) is 10.3 Å². The van der Waals surface area contributed by atoms with E-state index >= 15 is 0 Å². The second-order valence-electron chi connectivity index (χ2n) is 9.81. The normalized spacial score (nSPS) is 17.1. The Kier molecular flexibility index (Phi) is 7.23. The number of carbonyl (C=O) groups is 1. The number of anilines is 2. The number of nitrogens with zero attached hydrogens (tertiary/aromatic N) is 2. The molecule has 8 heteroatoms. The van der Waals surface area contributed by atoms with E-state index in [1.54, 1.807) is 6.20 Å². The minimum absolute atomic E-state index is 0.0216. The van der Waals surface area contributed by atoms with Crippen LogP contribution in [0.2, 0.25) is 5.02 Å². The zero-order chi connectivity index (χ0) is 27.0. The van der Waals surface area contributed by atoms with E-state index in [1.807, 2.05) is 94.4 Å². The van der Waals surface area contributed by atoms with Gasteiger partial charge in [0.1, 0.15) is 17.6 Å². The van der Waals surface area contributed by atoms with Crippen LogP contribution in [0.15, 0.2) is 77.3 Å². The van der Waals surface area contributed by atoms with Gasteiger partial charge in [0.2, 0.25) is 5.91 Å². The number of furan rings is 1. The lowest BCUT2D eigenvalue weighted by Crippen LogP contribution is -2.29. The summed E-state index contributed by atoms with van der Waals surface area (Å²) in [6, 6.07) is 21.1. The van der Waals surface area contributed by atoms with Gasteiger partial charge in [-0.2, -0.15) is 0 Å². The second kappa shape index (κ2) is 10.6. The van der Waals surface area contributed by atoms with Crippen molar-refractivity contribution >= 4 is 46.2 Å². The number of aromatic nitrogens is 1. The molecular formula is C30H29ClN4O2S. The Morgan fingerprint density at radius 1 is 1.08 bits per heavy atom. The molecular weight excluding hydrogens is 516 g/mol. The van der Waals surface area contributed by atoms with Crippen molar-refractivity contribution in [3.63, 3.8) is 0 Å². The van der Waals surface area contributed by atoms with Gasteiger partial charge in [-0.1, -0.05) is 43.6 Å². The second-order valence-corrected chi connectivity index (χ2v) is 10.6. The van der Waals surface area contributed by atoms with Gasteiger partial charge in [-0.05, 0) is 85.7 Å². The Morgan fingerprint density at radius 2 is 1.89 bits per heavy atom. The third kappa shape index (κ3) is 5.04. The zero-order valence-corrected chi connectivity index (χ0v) is 23.2. The van der Waals surface area contributed by atoms with Crippen molar-refractivity contribution < 1.29 is 9.21 Å². The number of pyridine rings is 1. The molecule has 2 aromatic heterocycles. The van der Waals surface area contributed by atoms with E-state index in [9.17, 15) is 4.79 Å². The van der Waals surface area contributed by atoms with Crippen molar-refractivity contribution in [3.05, 3.63) is 101 Å². The predicted octanol–water partition coefficient (Wildman–Crippen LogP) is 7.38. The topological polar surface area (TPSA) is 70.4 Å². The van der Waals surface area contributed by atoms with Gasteiger partial charge in [-0.15, -0.1) is 0 Å². The van der Waals surface area contributed by atoms with Crippen molar-refractivity contribution in [2.75, 3.05) is 10.2 Å². The summed E-state index contributed by atoms with van der Waals surface area (Å²) in [4.78, 5) is 18.9. The van der Waals surface area contributed by atoms with Crippen LogP contribution in [0, 0.1) is 19.8 Å². The van der Waals surface area contributed by atoms with E-state index in [0.29, 0.717) is 10.1 Å². The number of nitrogens with one attached hydrogen (secondary N) is 2. The van der Waals surface area contributed by atoms with Crippen molar-refractivity contribution in [2.45, 2.75) is 39.8 Å². The van der Waals surface area contributed by atoms with Gasteiger partial charge in [-0.3, -0.25) is 9.78 Å². The number of rotatable bonds is 6. The number of benzene rings is 2. The summed E-state index contributed by atoms with van der Waals surface area (Å²) in [7, 11) is 0. The molecule has 3 heterocycles. The van der Waals surface area contributed by atoms with Gasteiger partial charge in [0.15, 0.2) is 5.11 Å². The van der Waals surface area contributed by atoms with Crippen LogP contribution in [0.1, 0.15) is 48.5 Å². The fraction of sp³-hybridized carbons (Fsp3) is 0.233. The maximum absolute atomic E-state index is 12.3. The Hall–Kier alpha value is -3.68. The molecule has 6 nitrogen and oxygen atoms in total. The number of thiocarbonyl (C=S) groups is 1. The first kappa shape index (κ1) is 25.9. The van der Waals surface area contributed by atoms with E-state index in [1.165, 1.54) is 0 Å². The fourth-order valence-electron chi connectivity index (χ4n) is 4.55. The van der Waals surface area contributed by atoms with Crippen LogP contribution >= 0.6 is 23.8 Å². The molecule has 1 saturated heterocycles. The number of amides is 1. The molecule has 0 unspecified atom stereocenters. The first-order chi connectivity index (χ1) is 18.2. The summed E-state index contributed by atoms with van der Waals surface area (Å²) < 4.78 is 6.45. The standard InChI is InChI=1S/C30H29ClN4O2S/c1-17(2)29(36)33-23-11-10-21(15-19(23)4)35-28(27(34-30(35)38)24-7-5-6-14-32-24)26-13-12-25(37-26)20-9-8-18(3)22(31)16-20/h5-17,27-28H,1-4H3,(H,33,36)(H,34,38)/t27-,28+/m0/s1. The highest BCUT2D eigenvalue weighted by Crippen LogP contribution is 2.43. The van der Waals surface area contributed by atoms with E-state index in [0.717, 1.165) is 45.3 Å². The molecule has 1 aliphatic rings. The Morgan fingerprint density at radius 3 is 2.58 bits per heavy atom. The summed E-state index contributed by atoms with van der Waals surface area (Å²) in [5.74, 6) is 1.34. The quantitative estimate of drug-likeness (QED) is 0.247. The molecule has 0 spiro atoms. The summed E-state index contributed by atoms with van der Waals surface area (Å²) in [6.07, 6.45) is 1.78. The van der Waals surface area contributed by atoms with Crippen LogP contribution in [0.3, 0.4) is 0 Å². The minimum atomic E-state index is -0.289. The van der Waals surface area contributed by atoms with Gasteiger partial charge >= 0.3 is 0 Å². The largest absolute Gasteiger partial charge is 0.459 e. The minimum Gasteiger partial charge on any atom is -0.459 e. The van der Waals surface area contributed by atoms with E-state index < -0.39 is 0 Å². The van der Waals surface area contributed by atoms with Gasteiger partial charge < -0.3 is 20.0 Å². The predicted molar refractivity (Wildman–Crippen MR) is 156 cm³/mol. The third-order valence-corrected chi connectivity index (χ3v) is 7.46. The summed E-state index contributed by atoms with van der Waals surface area (Å²) in [5.41, 5.74) is 5.38. The number of carbonyl (C=O) groups excluding carboxylic acids is 1. The molecule has 0 radical (unpaired) electrons. The molecule has 1 amide bonds. The molecule has 1 fully saturated rings. The summed E-state index contributed by atoms with van der Waals surface area (Å²) >= 11 is 12.2. The smallest absolute Gasteiger partial charge is 0.226 e. The monoisotopic (exact) mass is 544 g/mol. The maximum atomic E-state index is 12.3. The SMILES string of the molecule is Cc1ccc(-c2ccc([C@@H]3[C@H](c4ccccn4)NC(=S)N3c3ccc(NC(=O)C(C)C)c(C)c3)o2)cc1Cl. The number of halogens is 1. The van der Waals surface area contributed by atoms with Gasteiger partial charge in [0, 0.05) is 34.1 Å². The van der Waals surface area contributed by atoms with E-state index in [4.69, 9.17) is 28.2 Å². The molecule has 194 valence electrons. The lowest BCUT2D eigenvalue weighted by atomic mass is 10.0. The van der Waals surface area contributed by atoms with E-state index in [-0.39, 0.29) is 23.9 Å². The molecule has 2 N–H and O–H groups in total. The number of aryl methyl sites for hydroxylation is 2. The molecule has 4 aromatic rings. The van der Waals surface area contributed by atoms with Gasteiger partial charge in [0.05, 0.1) is 11.7 Å². The van der Waals surface area contributed by atoms with Crippen molar-refractivity contribution in [1.29, 1.82) is 0 Å². The third-order valence-electron chi connectivity index (χ3n) is 6.74.